The molecule has 2 N–H and O–H groups in total. The van der Waals surface area contributed by atoms with E-state index < -0.39 is 0 Å². The van der Waals surface area contributed by atoms with E-state index in [1.807, 2.05) is 6.08 Å². The maximum Gasteiger partial charge on any atom is 0.237 e. The fourth-order valence-corrected chi connectivity index (χ4v) is 3.42. The lowest BCUT2D eigenvalue weighted by atomic mass is 9.87. The lowest BCUT2D eigenvalue weighted by molar-refractivity contribution is -0.126. The van der Waals surface area contributed by atoms with Crippen molar-refractivity contribution in [2.45, 2.75) is 44.6 Å². The zero-order valence-corrected chi connectivity index (χ0v) is 11.7. The van der Waals surface area contributed by atoms with Gasteiger partial charge in [0.25, 0.3) is 0 Å². The number of hydrogen-bond acceptors (Lipinski definition) is 3. The zero-order valence-electron chi connectivity index (χ0n) is 11.7. The second-order valence-corrected chi connectivity index (χ2v) is 6.02. The predicted octanol–water partition coefficient (Wildman–Crippen LogP) is 1.31. The molecule has 1 aliphatic heterocycles. The number of aliphatic hydroxyl groups is 1. The Bertz CT molecular complexity index is 324. The average Bonchev–Trinajstić information content (AvgIpc) is 3.06. The predicted molar refractivity (Wildman–Crippen MR) is 75.8 cm³/mol. The Hall–Kier alpha value is -0.870. The molecule has 4 heteroatoms. The Kier molecular flexibility index (Phi) is 4.99. The van der Waals surface area contributed by atoms with Gasteiger partial charge in [-0.2, -0.15) is 0 Å². The highest BCUT2D eigenvalue weighted by Crippen LogP contribution is 2.37. The Labute approximate surface area is 115 Å². The third-order valence-corrected chi connectivity index (χ3v) is 4.67. The Morgan fingerprint density at radius 1 is 1.42 bits per heavy atom. The Morgan fingerprint density at radius 3 is 2.79 bits per heavy atom. The average molecular weight is 266 g/mol. The zero-order chi connectivity index (χ0) is 13.7. The molecule has 1 saturated carbocycles. The summed E-state index contributed by atoms with van der Waals surface area (Å²) in [5.41, 5.74) is -0.0580. The van der Waals surface area contributed by atoms with Crippen LogP contribution in [0.3, 0.4) is 0 Å². The van der Waals surface area contributed by atoms with E-state index in [1.54, 1.807) is 0 Å². The smallest absolute Gasteiger partial charge is 0.237 e. The van der Waals surface area contributed by atoms with Gasteiger partial charge in [0.05, 0.1) is 12.6 Å². The van der Waals surface area contributed by atoms with E-state index in [2.05, 4.69) is 16.8 Å². The van der Waals surface area contributed by atoms with Crippen LogP contribution in [0.25, 0.3) is 0 Å². The summed E-state index contributed by atoms with van der Waals surface area (Å²) in [5.74, 6) is 0.124. The van der Waals surface area contributed by atoms with Crippen LogP contribution in [0.4, 0.5) is 0 Å². The van der Waals surface area contributed by atoms with Crippen LogP contribution < -0.4 is 5.32 Å². The molecule has 1 heterocycles. The van der Waals surface area contributed by atoms with Gasteiger partial charge in [-0.1, -0.05) is 18.9 Å². The van der Waals surface area contributed by atoms with E-state index in [0.29, 0.717) is 6.54 Å². The van der Waals surface area contributed by atoms with Crippen LogP contribution in [0.1, 0.15) is 38.5 Å². The molecule has 2 fully saturated rings. The Morgan fingerprint density at radius 2 is 2.16 bits per heavy atom. The van der Waals surface area contributed by atoms with E-state index in [4.69, 9.17) is 0 Å². The Balaban J connectivity index is 1.85. The van der Waals surface area contributed by atoms with Gasteiger partial charge >= 0.3 is 0 Å². The summed E-state index contributed by atoms with van der Waals surface area (Å²) in [4.78, 5) is 14.5. The van der Waals surface area contributed by atoms with Crippen LogP contribution in [0.2, 0.25) is 0 Å². The minimum atomic E-state index is -0.0580. The van der Waals surface area contributed by atoms with Gasteiger partial charge in [-0.05, 0) is 32.2 Å². The van der Waals surface area contributed by atoms with Crippen molar-refractivity contribution >= 4 is 5.91 Å². The van der Waals surface area contributed by atoms with Crippen LogP contribution in [-0.4, -0.2) is 48.2 Å². The number of carbonyl (C=O) groups excluding carboxylic acids is 1. The first-order chi connectivity index (χ1) is 9.21. The summed E-state index contributed by atoms with van der Waals surface area (Å²) in [5, 5.41) is 12.6. The summed E-state index contributed by atoms with van der Waals surface area (Å²) in [6.07, 6.45) is 8.28. The van der Waals surface area contributed by atoms with Crippen molar-refractivity contribution in [3.63, 3.8) is 0 Å². The van der Waals surface area contributed by atoms with E-state index in [-0.39, 0.29) is 24.0 Å². The molecule has 0 aromatic heterocycles. The minimum Gasteiger partial charge on any atom is -0.396 e. The molecule has 0 spiro atoms. The number of amides is 1. The molecule has 1 atom stereocenters. The van der Waals surface area contributed by atoms with Crippen molar-refractivity contribution in [2.75, 3.05) is 26.2 Å². The van der Waals surface area contributed by atoms with Crippen LogP contribution in [0.15, 0.2) is 12.7 Å². The molecule has 108 valence electrons. The normalized spacial score (nSPS) is 26.5. The van der Waals surface area contributed by atoms with Crippen LogP contribution in [-0.2, 0) is 4.79 Å². The second kappa shape index (κ2) is 6.53. The van der Waals surface area contributed by atoms with E-state index in [0.717, 1.165) is 38.8 Å². The van der Waals surface area contributed by atoms with E-state index >= 15 is 0 Å². The lowest BCUT2D eigenvalue weighted by Gasteiger charge is -2.29. The van der Waals surface area contributed by atoms with Gasteiger partial charge in [-0.15, -0.1) is 6.58 Å². The number of likely N-dealkylation sites (tertiary alicyclic amines) is 1. The SMILES string of the molecule is C=CCN1CCC[C@H]1C(=O)NCC1(CO)CCCC1. The molecule has 1 amide bonds. The van der Waals surface area contributed by atoms with E-state index in [9.17, 15) is 9.90 Å². The topological polar surface area (TPSA) is 52.6 Å². The molecule has 0 bridgehead atoms. The third-order valence-electron chi connectivity index (χ3n) is 4.67. The molecule has 0 aromatic carbocycles. The van der Waals surface area contributed by atoms with Crippen LogP contribution in [0.5, 0.6) is 0 Å². The molecule has 0 unspecified atom stereocenters. The molecule has 1 saturated heterocycles. The molecule has 4 nitrogen and oxygen atoms in total. The first kappa shape index (κ1) is 14.5. The van der Waals surface area contributed by atoms with E-state index in [1.165, 1.54) is 12.8 Å². The fourth-order valence-electron chi connectivity index (χ4n) is 3.42. The first-order valence-electron chi connectivity index (χ1n) is 7.44. The van der Waals surface area contributed by atoms with Crippen molar-refractivity contribution in [3.8, 4) is 0 Å². The molecule has 0 aromatic rings. The van der Waals surface area contributed by atoms with Crippen LogP contribution >= 0.6 is 0 Å². The van der Waals surface area contributed by atoms with Gasteiger partial charge in [0.15, 0.2) is 0 Å². The molecular weight excluding hydrogens is 240 g/mol. The molecule has 19 heavy (non-hydrogen) atoms. The minimum absolute atomic E-state index is 0.00449. The van der Waals surface area contributed by atoms with Gasteiger partial charge in [0, 0.05) is 18.5 Å². The van der Waals surface area contributed by atoms with Crippen molar-refractivity contribution < 1.29 is 9.90 Å². The van der Waals surface area contributed by atoms with Crippen molar-refractivity contribution in [2.24, 2.45) is 5.41 Å². The second-order valence-electron chi connectivity index (χ2n) is 6.02. The van der Waals surface area contributed by atoms with Crippen molar-refractivity contribution in [1.29, 1.82) is 0 Å². The molecule has 0 radical (unpaired) electrons. The number of hydrogen-bond donors (Lipinski definition) is 2. The van der Waals surface area contributed by atoms with Gasteiger partial charge in [0.2, 0.25) is 5.91 Å². The highest BCUT2D eigenvalue weighted by atomic mass is 16.3. The summed E-state index contributed by atoms with van der Waals surface area (Å²) in [6, 6.07) is -0.00449. The lowest BCUT2D eigenvalue weighted by Crippen LogP contribution is -2.47. The number of carbonyl (C=O) groups is 1. The van der Waals surface area contributed by atoms with Gasteiger partial charge < -0.3 is 10.4 Å². The highest BCUT2D eigenvalue weighted by Gasteiger charge is 2.35. The van der Waals surface area contributed by atoms with Gasteiger partial charge in [-0.25, -0.2) is 0 Å². The molecule has 2 rings (SSSR count). The maximum atomic E-state index is 12.3. The number of rotatable bonds is 6. The van der Waals surface area contributed by atoms with Gasteiger partial charge in [-0.3, -0.25) is 9.69 Å². The number of aliphatic hydroxyl groups excluding tert-OH is 1. The molecule has 2 aliphatic rings. The van der Waals surface area contributed by atoms with Crippen molar-refractivity contribution in [1.82, 2.24) is 10.2 Å². The van der Waals surface area contributed by atoms with Crippen LogP contribution in [0, 0.1) is 5.41 Å². The summed E-state index contributed by atoms with van der Waals surface area (Å²) in [7, 11) is 0. The summed E-state index contributed by atoms with van der Waals surface area (Å²) >= 11 is 0. The fraction of sp³-hybridized carbons (Fsp3) is 0.800. The number of nitrogens with zero attached hydrogens (tertiary/aromatic N) is 1. The van der Waals surface area contributed by atoms with Gasteiger partial charge in [0.1, 0.15) is 0 Å². The monoisotopic (exact) mass is 266 g/mol. The quantitative estimate of drug-likeness (QED) is 0.713. The summed E-state index contributed by atoms with van der Waals surface area (Å²) < 4.78 is 0. The number of nitrogens with one attached hydrogen (secondary N) is 1. The molecule has 1 aliphatic carbocycles. The first-order valence-corrected chi connectivity index (χ1v) is 7.44. The summed E-state index contributed by atoms with van der Waals surface area (Å²) in [6.45, 7) is 6.32. The largest absolute Gasteiger partial charge is 0.396 e. The standard InChI is InChI=1S/C15H26N2O2/c1-2-9-17-10-5-6-13(17)14(19)16-11-15(12-18)7-3-4-8-15/h2,13,18H,1,3-12H2,(H,16,19)/t13-/m0/s1. The van der Waals surface area contributed by atoms with Crippen molar-refractivity contribution in [3.05, 3.63) is 12.7 Å². The third kappa shape index (κ3) is 3.37. The highest BCUT2D eigenvalue weighted by molar-refractivity contribution is 5.82. The molecular formula is C15H26N2O2. The maximum absolute atomic E-state index is 12.3.